The second kappa shape index (κ2) is 3.79. The normalized spacial score (nSPS) is 26.1. The molecule has 2 aliphatic rings. The van der Waals surface area contributed by atoms with Gasteiger partial charge in [-0.2, -0.15) is 0 Å². The quantitative estimate of drug-likeness (QED) is 0.907. The predicted octanol–water partition coefficient (Wildman–Crippen LogP) is 2.25. The van der Waals surface area contributed by atoms with Crippen molar-refractivity contribution in [3.63, 3.8) is 0 Å². The van der Waals surface area contributed by atoms with Gasteiger partial charge < -0.3 is 19.3 Å². The van der Waals surface area contributed by atoms with Crippen LogP contribution in [-0.2, 0) is 4.79 Å². The Morgan fingerprint density at radius 3 is 2.53 bits per heavy atom. The number of hydrogen-bond acceptors (Lipinski definition) is 4. The number of carboxylic acid groups (broad SMARTS) is 1. The van der Waals surface area contributed by atoms with E-state index in [0.717, 1.165) is 5.56 Å². The van der Waals surface area contributed by atoms with Crippen molar-refractivity contribution in [2.24, 2.45) is 11.3 Å². The van der Waals surface area contributed by atoms with Crippen molar-refractivity contribution >= 4 is 5.97 Å². The smallest absolute Gasteiger partial charge is 0.307 e. The first-order valence-electron chi connectivity index (χ1n) is 6.17. The molecular formula is C14H16O5. The van der Waals surface area contributed by atoms with Gasteiger partial charge in [0.2, 0.25) is 6.79 Å². The first-order chi connectivity index (χ1) is 8.96. The van der Waals surface area contributed by atoms with Crippen molar-refractivity contribution in [3.8, 4) is 17.2 Å². The molecule has 0 radical (unpaired) electrons. The van der Waals surface area contributed by atoms with Crippen LogP contribution in [0.2, 0.25) is 0 Å². The summed E-state index contributed by atoms with van der Waals surface area (Å²) in [4.78, 5) is 11.3. The van der Waals surface area contributed by atoms with Crippen LogP contribution in [0.25, 0.3) is 0 Å². The first kappa shape index (κ1) is 12.1. The molecule has 1 aliphatic heterocycles. The second-order valence-corrected chi connectivity index (χ2v) is 5.56. The third-order valence-corrected chi connectivity index (χ3v) is 4.15. The minimum Gasteiger partial charge on any atom is -0.496 e. The van der Waals surface area contributed by atoms with E-state index in [2.05, 4.69) is 0 Å². The summed E-state index contributed by atoms with van der Waals surface area (Å²) in [5, 5.41) is 9.28. The van der Waals surface area contributed by atoms with Gasteiger partial charge in [0.15, 0.2) is 11.5 Å². The number of carboxylic acids is 1. The molecule has 1 fully saturated rings. The Labute approximate surface area is 111 Å². The van der Waals surface area contributed by atoms with E-state index in [1.165, 1.54) is 0 Å². The zero-order valence-corrected chi connectivity index (χ0v) is 11.1. The van der Waals surface area contributed by atoms with Crippen molar-refractivity contribution in [1.82, 2.24) is 0 Å². The third-order valence-electron chi connectivity index (χ3n) is 4.15. The van der Waals surface area contributed by atoms with E-state index in [4.69, 9.17) is 14.2 Å². The van der Waals surface area contributed by atoms with Gasteiger partial charge in [-0.1, -0.05) is 13.8 Å². The maximum Gasteiger partial charge on any atom is 0.307 e. The van der Waals surface area contributed by atoms with Crippen molar-refractivity contribution in [2.45, 2.75) is 19.8 Å². The maximum absolute atomic E-state index is 11.3. The Morgan fingerprint density at radius 2 is 2.00 bits per heavy atom. The van der Waals surface area contributed by atoms with Gasteiger partial charge in [0.25, 0.3) is 0 Å². The molecule has 0 spiro atoms. The van der Waals surface area contributed by atoms with Crippen LogP contribution in [0.4, 0.5) is 0 Å². The van der Waals surface area contributed by atoms with E-state index in [1.54, 1.807) is 13.2 Å². The molecule has 19 heavy (non-hydrogen) atoms. The van der Waals surface area contributed by atoms with E-state index < -0.39 is 5.97 Å². The number of carbonyl (C=O) groups is 1. The summed E-state index contributed by atoms with van der Waals surface area (Å²) in [5.74, 6) is 0.741. The molecule has 1 aliphatic carbocycles. The highest BCUT2D eigenvalue weighted by Crippen LogP contribution is 2.66. The van der Waals surface area contributed by atoms with Crippen LogP contribution in [0, 0.1) is 11.3 Å². The molecule has 1 aromatic carbocycles. The number of benzene rings is 1. The molecule has 3 rings (SSSR count). The molecule has 0 saturated heterocycles. The van der Waals surface area contributed by atoms with Crippen molar-refractivity contribution in [2.75, 3.05) is 13.9 Å². The van der Waals surface area contributed by atoms with Crippen LogP contribution in [-0.4, -0.2) is 25.0 Å². The standard InChI is InChI=1S/C14H16O5/c1-14(2)11(12(14)13(15)16)7-4-9-10(19-6-18-9)5-8(7)17-3/h4-5,11-12H,6H2,1-3H3,(H,15,16). The summed E-state index contributed by atoms with van der Waals surface area (Å²) in [6.07, 6.45) is 0. The van der Waals surface area contributed by atoms with Gasteiger partial charge in [-0.05, 0) is 11.5 Å². The summed E-state index contributed by atoms with van der Waals surface area (Å²) in [6, 6.07) is 3.61. The molecule has 0 amide bonds. The molecular weight excluding hydrogens is 248 g/mol. The molecule has 1 aromatic rings. The third kappa shape index (κ3) is 1.64. The minimum atomic E-state index is -0.769. The lowest BCUT2D eigenvalue weighted by Crippen LogP contribution is -2.03. The fraction of sp³-hybridized carbons (Fsp3) is 0.500. The molecule has 5 nitrogen and oxygen atoms in total. The van der Waals surface area contributed by atoms with E-state index in [-0.39, 0.29) is 24.0 Å². The Bertz CT molecular complexity index is 549. The molecule has 2 atom stereocenters. The topological polar surface area (TPSA) is 65.0 Å². The maximum atomic E-state index is 11.3. The van der Waals surface area contributed by atoms with Gasteiger partial charge in [0.1, 0.15) is 5.75 Å². The van der Waals surface area contributed by atoms with Gasteiger partial charge in [-0.15, -0.1) is 0 Å². The Kier molecular flexibility index (Phi) is 2.42. The van der Waals surface area contributed by atoms with Crippen molar-refractivity contribution in [3.05, 3.63) is 17.7 Å². The number of aliphatic carboxylic acids is 1. The van der Waals surface area contributed by atoms with Gasteiger partial charge in [-0.3, -0.25) is 4.79 Å². The molecule has 1 heterocycles. The zero-order chi connectivity index (χ0) is 13.8. The molecule has 1 N–H and O–H groups in total. The fourth-order valence-corrected chi connectivity index (χ4v) is 3.04. The van der Waals surface area contributed by atoms with Gasteiger partial charge in [-0.25, -0.2) is 0 Å². The molecule has 5 heteroatoms. The lowest BCUT2D eigenvalue weighted by Gasteiger charge is -2.10. The molecule has 1 saturated carbocycles. The molecule has 102 valence electrons. The van der Waals surface area contributed by atoms with Crippen LogP contribution in [0.15, 0.2) is 12.1 Å². The number of hydrogen-bond donors (Lipinski definition) is 1. The van der Waals surface area contributed by atoms with Gasteiger partial charge in [0, 0.05) is 17.5 Å². The highest BCUT2D eigenvalue weighted by atomic mass is 16.7. The summed E-state index contributed by atoms with van der Waals surface area (Å²) < 4.78 is 16.0. The summed E-state index contributed by atoms with van der Waals surface area (Å²) in [7, 11) is 1.58. The summed E-state index contributed by atoms with van der Waals surface area (Å²) in [6.45, 7) is 4.11. The van der Waals surface area contributed by atoms with Crippen LogP contribution in [0.1, 0.15) is 25.3 Å². The number of fused-ring (bicyclic) bond motifs is 1. The number of rotatable bonds is 3. The van der Waals surface area contributed by atoms with Crippen LogP contribution in [0.3, 0.4) is 0 Å². The lowest BCUT2D eigenvalue weighted by atomic mass is 10.0. The summed E-state index contributed by atoms with van der Waals surface area (Å²) in [5.41, 5.74) is 0.608. The van der Waals surface area contributed by atoms with Crippen LogP contribution >= 0.6 is 0 Å². The predicted molar refractivity (Wildman–Crippen MR) is 66.8 cm³/mol. The highest BCUT2D eigenvalue weighted by Gasteiger charge is 2.63. The molecule has 2 unspecified atom stereocenters. The van der Waals surface area contributed by atoms with Crippen molar-refractivity contribution in [1.29, 1.82) is 0 Å². The van der Waals surface area contributed by atoms with Crippen LogP contribution < -0.4 is 14.2 Å². The van der Waals surface area contributed by atoms with Gasteiger partial charge in [0.05, 0.1) is 13.0 Å². The summed E-state index contributed by atoms with van der Waals surface area (Å²) >= 11 is 0. The fourth-order valence-electron chi connectivity index (χ4n) is 3.04. The Balaban J connectivity index is 2.04. The SMILES string of the molecule is COc1cc2c(cc1C1C(C(=O)O)C1(C)C)OCO2. The Morgan fingerprint density at radius 1 is 1.37 bits per heavy atom. The van der Waals surface area contributed by atoms with E-state index in [0.29, 0.717) is 17.2 Å². The van der Waals surface area contributed by atoms with Crippen molar-refractivity contribution < 1.29 is 24.1 Å². The number of methoxy groups -OCH3 is 1. The largest absolute Gasteiger partial charge is 0.496 e. The zero-order valence-electron chi connectivity index (χ0n) is 11.1. The number of ether oxygens (including phenoxy) is 3. The molecule has 0 bridgehead atoms. The van der Waals surface area contributed by atoms with Crippen LogP contribution in [0.5, 0.6) is 17.2 Å². The Hall–Kier alpha value is -1.91. The van der Waals surface area contributed by atoms with Gasteiger partial charge >= 0.3 is 5.97 Å². The second-order valence-electron chi connectivity index (χ2n) is 5.56. The van der Waals surface area contributed by atoms with E-state index >= 15 is 0 Å². The minimum absolute atomic E-state index is 0.0607. The monoisotopic (exact) mass is 264 g/mol. The average molecular weight is 264 g/mol. The van der Waals surface area contributed by atoms with E-state index in [9.17, 15) is 9.90 Å². The lowest BCUT2D eigenvalue weighted by molar-refractivity contribution is -0.139. The first-order valence-corrected chi connectivity index (χ1v) is 6.17. The average Bonchev–Trinajstić information content (AvgIpc) is 2.71. The highest BCUT2D eigenvalue weighted by molar-refractivity contribution is 5.78. The van der Waals surface area contributed by atoms with E-state index in [1.807, 2.05) is 19.9 Å². The molecule has 0 aromatic heterocycles.